The van der Waals surface area contributed by atoms with Gasteiger partial charge >= 0.3 is 0 Å². The largest absolute Gasteiger partial charge is 0.497 e. The molecule has 2 rings (SSSR count). The molecule has 0 aliphatic carbocycles. The van der Waals surface area contributed by atoms with Gasteiger partial charge in [0.2, 0.25) is 0 Å². The Hall–Kier alpha value is -2.50. The molecule has 1 aromatic carbocycles. The van der Waals surface area contributed by atoms with Crippen molar-refractivity contribution in [2.75, 3.05) is 7.11 Å². The summed E-state index contributed by atoms with van der Waals surface area (Å²) in [6.07, 6.45) is 0. The maximum atomic E-state index is 11.8. The lowest BCUT2D eigenvalue weighted by Gasteiger charge is -2.04. The SMILES string of the molecule is COc1ccc(C(=O)NCc2cc(=O)[nH][nH]2)cc1. The van der Waals surface area contributed by atoms with Gasteiger partial charge in [-0.3, -0.25) is 14.7 Å². The zero-order chi connectivity index (χ0) is 13.0. The lowest BCUT2D eigenvalue weighted by Crippen LogP contribution is -2.22. The van der Waals surface area contributed by atoms with Crippen LogP contribution in [0.5, 0.6) is 5.75 Å². The highest BCUT2D eigenvalue weighted by atomic mass is 16.5. The van der Waals surface area contributed by atoms with Crippen LogP contribution in [0.2, 0.25) is 0 Å². The van der Waals surface area contributed by atoms with Gasteiger partial charge in [-0.25, -0.2) is 0 Å². The second-order valence-corrected chi connectivity index (χ2v) is 3.70. The van der Waals surface area contributed by atoms with E-state index in [9.17, 15) is 9.59 Å². The van der Waals surface area contributed by atoms with Gasteiger partial charge in [0, 0.05) is 11.6 Å². The molecule has 0 saturated heterocycles. The first-order valence-electron chi connectivity index (χ1n) is 5.38. The van der Waals surface area contributed by atoms with Crippen molar-refractivity contribution in [3.63, 3.8) is 0 Å². The van der Waals surface area contributed by atoms with Gasteiger partial charge in [-0.15, -0.1) is 0 Å². The van der Waals surface area contributed by atoms with Crippen LogP contribution >= 0.6 is 0 Å². The summed E-state index contributed by atoms with van der Waals surface area (Å²) < 4.78 is 5.01. The molecule has 0 unspecified atom stereocenters. The fourth-order valence-electron chi connectivity index (χ4n) is 1.49. The number of H-pyrrole nitrogens is 2. The molecule has 1 amide bonds. The third-order valence-electron chi connectivity index (χ3n) is 2.44. The summed E-state index contributed by atoms with van der Waals surface area (Å²) in [5.41, 5.74) is 0.944. The molecule has 6 nitrogen and oxygen atoms in total. The second-order valence-electron chi connectivity index (χ2n) is 3.70. The summed E-state index contributed by atoms with van der Waals surface area (Å²) in [6.45, 7) is 0.267. The Morgan fingerprint density at radius 3 is 2.56 bits per heavy atom. The van der Waals surface area contributed by atoms with Crippen LogP contribution < -0.4 is 15.6 Å². The Morgan fingerprint density at radius 2 is 2.00 bits per heavy atom. The first kappa shape index (κ1) is 12.0. The van der Waals surface area contributed by atoms with Gasteiger partial charge in [-0.2, -0.15) is 0 Å². The van der Waals surface area contributed by atoms with Gasteiger partial charge in [0.15, 0.2) is 0 Å². The van der Waals surface area contributed by atoms with Crippen LogP contribution in [0.4, 0.5) is 0 Å². The predicted octanol–water partition coefficient (Wildman–Crippen LogP) is 0.642. The summed E-state index contributed by atoms with van der Waals surface area (Å²) in [5, 5.41) is 7.75. The molecule has 0 spiro atoms. The van der Waals surface area contributed by atoms with E-state index in [0.29, 0.717) is 17.0 Å². The van der Waals surface area contributed by atoms with Crippen LogP contribution in [0.25, 0.3) is 0 Å². The molecule has 18 heavy (non-hydrogen) atoms. The molecule has 0 atom stereocenters. The summed E-state index contributed by atoms with van der Waals surface area (Å²) in [7, 11) is 1.57. The van der Waals surface area contributed by atoms with Gasteiger partial charge < -0.3 is 15.2 Å². The number of amides is 1. The van der Waals surface area contributed by atoms with Crippen molar-refractivity contribution < 1.29 is 9.53 Å². The zero-order valence-electron chi connectivity index (χ0n) is 9.82. The summed E-state index contributed by atoms with van der Waals surface area (Å²) in [4.78, 5) is 22.6. The van der Waals surface area contributed by atoms with Crippen molar-refractivity contribution in [2.24, 2.45) is 0 Å². The molecular weight excluding hydrogens is 234 g/mol. The number of benzene rings is 1. The molecule has 0 aliphatic rings. The smallest absolute Gasteiger partial charge is 0.264 e. The number of carbonyl (C=O) groups is 1. The maximum Gasteiger partial charge on any atom is 0.264 e. The van der Waals surface area contributed by atoms with E-state index in [1.165, 1.54) is 6.07 Å². The highest BCUT2D eigenvalue weighted by Gasteiger charge is 2.05. The van der Waals surface area contributed by atoms with Crippen molar-refractivity contribution >= 4 is 5.91 Å². The minimum Gasteiger partial charge on any atom is -0.497 e. The zero-order valence-corrected chi connectivity index (χ0v) is 9.82. The van der Waals surface area contributed by atoms with Crippen LogP contribution in [-0.2, 0) is 6.54 Å². The average molecular weight is 247 g/mol. The molecule has 0 aliphatic heterocycles. The molecule has 1 aromatic heterocycles. The second kappa shape index (κ2) is 5.22. The van der Waals surface area contributed by atoms with Crippen LogP contribution in [0.3, 0.4) is 0 Å². The van der Waals surface area contributed by atoms with E-state index >= 15 is 0 Å². The number of hydrogen-bond donors (Lipinski definition) is 3. The fourth-order valence-corrected chi connectivity index (χ4v) is 1.49. The molecule has 0 radical (unpaired) electrons. The van der Waals surface area contributed by atoms with E-state index in [1.807, 2.05) is 0 Å². The predicted molar refractivity (Wildman–Crippen MR) is 65.6 cm³/mol. The standard InChI is InChI=1S/C12H13N3O3/c1-18-10-4-2-8(3-5-10)12(17)13-7-9-6-11(16)15-14-9/h2-6H,7H2,1H3,(H,13,17)(H2,14,15,16). The molecule has 2 aromatic rings. The third kappa shape index (κ3) is 2.79. The molecule has 94 valence electrons. The Labute approximate surface area is 103 Å². The highest BCUT2D eigenvalue weighted by Crippen LogP contribution is 2.11. The molecular formula is C12H13N3O3. The number of aromatic amines is 2. The normalized spacial score (nSPS) is 10.1. The Balaban J connectivity index is 1.96. The van der Waals surface area contributed by atoms with Crippen LogP contribution in [0.15, 0.2) is 35.1 Å². The van der Waals surface area contributed by atoms with E-state index < -0.39 is 0 Å². The van der Waals surface area contributed by atoms with E-state index in [-0.39, 0.29) is 18.0 Å². The van der Waals surface area contributed by atoms with Crippen LogP contribution in [0.1, 0.15) is 16.1 Å². The Bertz CT molecular complexity index is 583. The van der Waals surface area contributed by atoms with Crippen molar-refractivity contribution in [2.45, 2.75) is 6.54 Å². The Kier molecular flexibility index (Phi) is 3.47. The van der Waals surface area contributed by atoms with Gasteiger partial charge in [-0.05, 0) is 24.3 Å². The molecule has 0 fully saturated rings. The van der Waals surface area contributed by atoms with Gasteiger partial charge in [-0.1, -0.05) is 0 Å². The Morgan fingerprint density at radius 1 is 1.28 bits per heavy atom. The van der Waals surface area contributed by atoms with Gasteiger partial charge in [0.25, 0.3) is 11.5 Å². The average Bonchev–Trinajstić information content (AvgIpc) is 2.82. The number of ether oxygens (including phenoxy) is 1. The monoisotopic (exact) mass is 247 g/mol. The first-order chi connectivity index (χ1) is 8.69. The van der Waals surface area contributed by atoms with E-state index in [2.05, 4.69) is 15.5 Å². The molecule has 0 bridgehead atoms. The lowest BCUT2D eigenvalue weighted by atomic mass is 10.2. The topological polar surface area (TPSA) is 87.0 Å². The van der Waals surface area contributed by atoms with Crippen molar-refractivity contribution in [3.8, 4) is 5.75 Å². The maximum absolute atomic E-state index is 11.8. The van der Waals surface area contributed by atoms with Crippen molar-refractivity contribution in [3.05, 3.63) is 51.9 Å². The van der Waals surface area contributed by atoms with Crippen LogP contribution in [0, 0.1) is 0 Å². The minimum absolute atomic E-state index is 0.209. The fraction of sp³-hybridized carbons (Fsp3) is 0.167. The number of nitrogens with one attached hydrogen (secondary N) is 3. The summed E-state index contributed by atoms with van der Waals surface area (Å²) in [5.74, 6) is 0.487. The third-order valence-corrected chi connectivity index (χ3v) is 2.44. The van der Waals surface area contributed by atoms with E-state index in [4.69, 9.17) is 4.74 Å². The first-order valence-corrected chi connectivity index (χ1v) is 5.38. The number of aromatic nitrogens is 2. The van der Waals surface area contributed by atoms with E-state index in [1.54, 1.807) is 31.4 Å². The number of hydrogen-bond acceptors (Lipinski definition) is 3. The van der Waals surface area contributed by atoms with Gasteiger partial charge in [0.05, 0.1) is 19.3 Å². The number of rotatable bonds is 4. The highest BCUT2D eigenvalue weighted by molar-refractivity contribution is 5.94. The quantitative estimate of drug-likeness (QED) is 0.741. The van der Waals surface area contributed by atoms with E-state index in [0.717, 1.165) is 0 Å². The summed E-state index contributed by atoms with van der Waals surface area (Å²) in [6, 6.07) is 8.18. The summed E-state index contributed by atoms with van der Waals surface area (Å²) >= 11 is 0. The van der Waals surface area contributed by atoms with Crippen LogP contribution in [-0.4, -0.2) is 23.2 Å². The minimum atomic E-state index is -0.219. The van der Waals surface area contributed by atoms with Crippen molar-refractivity contribution in [1.82, 2.24) is 15.5 Å². The number of carbonyl (C=O) groups excluding carboxylic acids is 1. The molecule has 1 heterocycles. The lowest BCUT2D eigenvalue weighted by molar-refractivity contribution is 0.0950. The molecule has 6 heteroatoms. The molecule has 3 N–H and O–H groups in total. The van der Waals surface area contributed by atoms with Gasteiger partial charge in [0.1, 0.15) is 5.75 Å². The molecule has 0 saturated carbocycles. The number of methoxy groups -OCH3 is 1. The van der Waals surface area contributed by atoms with Crippen molar-refractivity contribution in [1.29, 1.82) is 0 Å².